The lowest BCUT2D eigenvalue weighted by molar-refractivity contribution is 0.381. The van der Waals surface area contributed by atoms with Crippen molar-refractivity contribution in [1.82, 2.24) is 49.0 Å². The molecule has 0 amide bonds. The van der Waals surface area contributed by atoms with Gasteiger partial charge in [0.15, 0.2) is 46.6 Å². The molecule has 0 bridgehead atoms. The highest BCUT2D eigenvalue weighted by atomic mass is 19.2. The van der Waals surface area contributed by atoms with Crippen molar-refractivity contribution in [3.8, 4) is 68.1 Å². The maximum Gasteiger partial charge on any atom is 0.200 e. The summed E-state index contributed by atoms with van der Waals surface area (Å²) in [5.41, 5.74) is 4.41. The van der Waals surface area contributed by atoms with Gasteiger partial charge in [-0.05, 0) is 122 Å². The molecule has 10 nitrogen and oxygen atoms in total. The van der Waals surface area contributed by atoms with Gasteiger partial charge < -0.3 is 9.13 Å². The van der Waals surface area contributed by atoms with E-state index in [1.807, 2.05) is 79.7 Å². The van der Waals surface area contributed by atoms with Crippen LogP contribution < -0.4 is 0 Å². The molecule has 0 saturated carbocycles. The second kappa shape index (κ2) is 15.8. The Morgan fingerprint density at radius 2 is 0.588 bits per heavy atom. The Bertz CT molecular complexity index is 3530. The van der Waals surface area contributed by atoms with Crippen LogP contribution in [0.5, 0.6) is 0 Å². The SMILES string of the molecule is Cc1cc(-n2c3ccc(-c4ncccn4)cc3c3cc(-c4ncccn4)ccc32)c(-c2c(F)c(F)c(F)c(F)c2F)c(-n2c3ccc(-c4ncccn4)cc3c3cc(-c4ncccn4)ccc32)c1. The molecule has 326 valence electrons. The molecule has 6 heterocycles. The Hall–Kier alpha value is -9.11. The van der Waals surface area contributed by atoms with Gasteiger partial charge in [-0.1, -0.05) is 0 Å². The van der Waals surface area contributed by atoms with Gasteiger partial charge in [0.25, 0.3) is 0 Å². The quantitative estimate of drug-likeness (QED) is 0.0883. The molecule has 0 aliphatic heterocycles. The van der Waals surface area contributed by atoms with Crippen molar-refractivity contribution in [2.75, 3.05) is 0 Å². The van der Waals surface area contributed by atoms with Crippen molar-refractivity contribution in [3.63, 3.8) is 0 Å². The fraction of sp³-hybridized carbons (Fsp3) is 0.0189. The predicted octanol–water partition coefficient (Wildman–Crippen LogP) is 12.4. The zero-order chi connectivity index (χ0) is 46.2. The lowest BCUT2D eigenvalue weighted by Gasteiger charge is -2.22. The van der Waals surface area contributed by atoms with Gasteiger partial charge in [0, 0.05) is 98.9 Å². The fourth-order valence-electron chi connectivity index (χ4n) is 9.10. The van der Waals surface area contributed by atoms with E-state index in [1.165, 1.54) is 0 Å². The number of hydrogen-bond donors (Lipinski definition) is 0. The Labute approximate surface area is 381 Å². The normalized spacial score (nSPS) is 11.7. The first-order valence-electron chi connectivity index (χ1n) is 21.2. The summed E-state index contributed by atoms with van der Waals surface area (Å²) in [7, 11) is 0. The number of halogens is 5. The highest BCUT2D eigenvalue weighted by Crippen LogP contribution is 2.46. The summed E-state index contributed by atoms with van der Waals surface area (Å²) in [6, 6.07) is 32.4. The fourth-order valence-corrected chi connectivity index (χ4v) is 9.10. The van der Waals surface area contributed by atoms with E-state index in [0.29, 0.717) is 94.7 Å². The summed E-state index contributed by atoms with van der Waals surface area (Å²) in [6.45, 7) is 1.81. The van der Waals surface area contributed by atoms with Crippen LogP contribution in [-0.4, -0.2) is 49.0 Å². The van der Waals surface area contributed by atoms with E-state index in [2.05, 4.69) is 39.9 Å². The van der Waals surface area contributed by atoms with Gasteiger partial charge in [-0.2, -0.15) is 0 Å². The second-order valence-electron chi connectivity index (χ2n) is 16.0. The van der Waals surface area contributed by atoms with Crippen LogP contribution in [0.2, 0.25) is 0 Å². The van der Waals surface area contributed by atoms with Crippen LogP contribution in [0, 0.1) is 36.0 Å². The standard InChI is InChI=1S/C53H29F5N10/c1-28-22-41(67-37-10-6-29(50-59-14-2-15-60-50)24-33(37)34-25-30(7-11-38(34)67)51-61-16-3-17-62-51)43(44-45(54)47(56)49(58)48(57)46(44)55)42(23-28)68-39-12-8-31(52-63-18-4-19-64-52)26-35(39)36-27-32(9-13-40(36)68)53-65-20-5-21-66-53/h2-27H,1H3. The summed E-state index contributed by atoms with van der Waals surface area (Å²) >= 11 is 0. The molecule has 0 N–H and O–H groups in total. The summed E-state index contributed by atoms with van der Waals surface area (Å²) in [5, 5.41) is 2.71. The van der Waals surface area contributed by atoms with Crippen molar-refractivity contribution in [2.45, 2.75) is 6.92 Å². The Morgan fingerprint density at radius 3 is 0.868 bits per heavy atom. The molecule has 12 rings (SSSR count). The molecule has 12 aromatic rings. The van der Waals surface area contributed by atoms with Crippen molar-refractivity contribution in [2.24, 2.45) is 0 Å². The van der Waals surface area contributed by atoms with Crippen molar-refractivity contribution < 1.29 is 22.0 Å². The van der Waals surface area contributed by atoms with Crippen molar-refractivity contribution in [3.05, 3.63) is 193 Å². The molecule has 0 aliphatic rings. The van der Waals surface area contributed by atoms with Crippen LogP contribution in [0.4, 0.5) is 22.0 Å². The smallest absolute Gasteiger partial charge is 0.200 e. The van der Waals surface area contributed by atoms with Crippen LogP contribution in [0.3, 0.4) is 0 Å². The number of rotatable bonds is 7. The summed E-state index contributed by atoms with van der Waals surface area (Å²) < 4.78 is 83.8. The summed E-state index contributed by atoms with van der Waals surface area (Å²) in [6.07, 6.45) is 13.1. The number of hydrogen-bond acceptors (Lipinski definition) is 8. The van der Waals surface area contributed by atoms with E-state index >= 15 is 22.0 Å². The van der Waals surface area contributed by atoms with Crippen LogP contribution in [0.15, 0.2) is 159 Å². The molecule has 0 saturated heterocycles. The number of aryl methyl sites for hydroxylation is 1. The van der Waals surface area contributed by atoms with Crippen LogP contribution in [0.1, 0.15) is 5.56 Å². The first-order valence-corrected chi connectivity index (χ1v) is 21.2. The second-order valence-corrected chi connectivity index (χ2v) is 16.0. The zero-order valence-electron chi connectivity index (χ0n) is 35.4. The number of fused-ring (bicyclic) bond motifs is 6. The van der Waals surface area contributed by atoms with E-state index in [-0.39, 0.29) is 16.9 Å². The Balaban J connectivity index is 1.23. The van der Waals surface area contributed by atoms with E-state index in [9.17, 15) is 0 Å². The molecule has 0 spiro atoms. The topological polar surface area (TPSA) is 113 Å². The minimum atomic E-state index is -2.27. The third-order valence-corrected chi connectivity index (χ3v) is 12.0. The van der Waals surface area contributed by atoms with Crippen molar-refractivity contribution in [1.29, 1.82) is 0 Å². The molecule has 68 heavy (non-hydrogen) atoms. The molecule has 0 unspecified atom stereocenters. The Morgan fingerprint density at radius 1 is 0.324 bits per heavy atom. The first kappa shape index (κ1) is 40.4. The minimum absolute atomic E-state index is 0.134. The number of benzene rings is 6. The first-order chi connectivity index (χ1) is 33.2. The average molecular weight is 901 g/mol. The highest BCUT2D eigenvalue weighted by Gasteiger charge is 2.32. The van der Waals surface area contributed by atoms with Gasteiger partial charge in [-0.3, -0.25) is 0 Å². The average Bonchev–Trinajstić information content (AvgIpc) is 3.90. The molecule has 15 heteroatoms. The van der Waals surface area contributed by atoms with E-state index in [4.69, 9.17) is 0 Å². The molecule has 0 fully saturated rings. The summed E-state index contributed by atoms with van der Waals surface area (Å²) in [4.78, 5) is 35.8. The number of aromatic nitrogens is 10. The largest absolute Gasteiger partial charge is 0.309 e. The molecular weight excluding hydrogens is 872 g/mol. The van der Waals surface area contributed by atoms with Crippen LogP contribution in [-0.2, 0) is 0 Å². The molecular formula is C53H29F5N10. The van der Waals surface area contributed by atoms with E-state index in [0.717, 1.165) is 0 Å². The molecule has 6 aromatic heterocycles. The lowest BCUT2D eigenvalue weighted by Crippen LogP contribution is -2.10. The lowest BCUT2D eigenvalue weighted by atomic mass is 9.96. The van der Waals surface area contributed by atoms with Crippen molar-refractivity contribution >= 4 is 43.6 Å². The van der Waals surface area contributed by atoms with Crippen LogP contribution in [0.25, 0.3) is 112 Å². The molecule has 0 aliphatic carbocycles. The van der Waals surface area contributed by atoms with Gasteiger partial charge >= 0.3 is 0 Å². The molecule has 0 radical (unpaired) electrons. The third-order valence-electron chi connectivity index (χ3n) is 12.0. The highest BCUT2D eigenvalue weighted by molar-refractivity contribution is 6.14. The minimum Gasteiger partial charge on any atom is -0.309 e. The number of nitrogens with zero attached hydrogens (tertiary/aromatic N) is 10. The Kier molecular flexibility index (Phi) is 9.39. The van der Waals surface area contributed by atoms with E-state index < -0.39 is 34.6 Å². The maximum atomic E-state index is 16.9. The predicted molar refractivity (Wildman–Crippen MR) is 249 cm³/mol. The van der Waals surface area contributed by atoms with Gasteiger partial charge in [-0.15, -0.1) is 0 Å². The monoisotopic (exact) mass is 900 g/mol. The van der Waals surface area contributed by atoms with Gasteiger partial charge in [-0.25, -0.2) is 61.8 Å². The third kappa shape index (κ3) is 6.38. The summed E-state index contributed by atoms with van der Waals surface area (Å²) in [5.74, 6) is -8.61. The molecule has 6 aromatic carbocycles. The maximum absolute atomic E-state index is 16.9. The van der Waals surface area contributed by atoms with Gasteiger partial charge in [0.2, 0.25) is 5.82 Å². The molecule has 0 atom stereocenters. The van der Waals surface area contributed by atoms with E-state index in [1.54, 1.807) is 95.1 Å². The van der Waals surface area contributed by atoms with Crippen LogP contribution >= 0.6 is 0 Å². The van der Waals surface area contributed by atoms with Gasteiger partial charge in [0.1, 0.15) is 0 Å². The zero-order valence-corrected chi connectivity index (χ0v) is 35.4. The van der Waals surface area contributed by atoms with Gasteiger partial charge in [0.05, 0.1) is 39.0 Å².